The van der Waals surface area contributed by atoms with E-state index in [0.29, 0.717) is 17.7 Å². The molecule has 4 aromatic heterocycles. The molecule has 15 rings (SSSR count). The Hall–Kier alpha value is -9.39. The average Bonchev–Trinajstić information content (AvgIpc) is 4.17. The second-order valence-electron chi connectivity index (χ2n) is 18.3. The molecule has 0 unspecified atom stereocenters. The molecule has 14 aromatic rings. The monoisotopic (exact) mass is 892 g/mol. The summed E-state index contributed by atoms with van der Waals surface area (Å²) in [7, 11) is 0. The number of benzene rings is 10. The molecule has 4 heterocycles. The van der Waals surface area contributed by atoms with Crippen molar-refractivity contribution in [1.82, 2.24) is 28.7 Å². The molecule has 0 aliphatic heterocycles. The molecular weight excluding hydrogens is 853 g/mol. The smallest absolute Gasteiger partial charge is 0.240 e. The van der Waals surface area contributed by atoms with Gasteiger partial charge in [-0.3, -0.25) is 9.13 Å². The predicted octanol–water partition coefficient (Wildman–Crippen LogP) is 15.7. The van der Waals surface area contributed by atoms with Crippen molar-refractivity contribution in [2.24, 2.45) is 0 Å². The van der Waals surface area contributed by atoms with Crippen LogP contribution in [0.15, 0.2) is 237 Å². The summed E-state index contributed by atoms with van der Waals surface area (Å²) in [5.74, 6) is 1.67. The topological polar surface area (TPSA) is 53.5 Å². The van der Waals surface area contributed by atoms with Gasteiger partial charge in [-0.2, -0.15) is 15.0 Å². The van der Waals surface area contributed by atoms with Crippen LogP contribution in [0.3, 0.4) is 0 Å². The molecular formula is C64H40N6. The van der Waals surface area contributed by atoms with Crippen molar-refractivity contribution in [1.29, 1.82) is 0 Å². The maximum atomic E-state index is 5.74. The highest BCUT2D eigenvalue weighted by Crippen LogP contribution is 2.52. The van der Waals surface area contributed by atoms with E-state index >= 15 is 0 Å². The van der Waals surface area contributed by atoms with Gasteiger partial charge in [-0.15, -0.1) is 0 Å². The number of aromatic nitrogens is 6. The van der Waals surface area contributed by atoms with Gasteiger partial charge in [0.25, 0.3) is 0 Å². The Kier molecular flexibility index (Phi) is 8.32. The molecule has 1 aliphatic rings. The van der Waals surface area contributed by atoms with E-state index in [2.05, 4.69) is 250 Å². The summed E-state index contributed by atoms with van der Waals surface area (Å²) in [6, 6.07) is 84.9. The molecule has 70 heavy (non-hydrogen) atoms. The van der Waals surface area contributed by atoms with Gasteiger partial charge in [0.05, 0.1) is 33.1 Å². The number of rotatable bonds is 6. The minimum Gasteiger partial charge on any atom is -0.307 e. The standard InChI is InChI=1S/C64H40N6/c1-4-18-40(19-5-1)41-32-34-43(35-33-41)62-65-63(69-55-30-16-13-25-46(55)51-37-36-50-45-24-10-11-28-49(45)57(58(50)59(51)69)42-20-6-2-7-21-42)67-64(66-62)70-56-31-17-14-27-48(56)53-39-38-52-47-26-12-15-29-54(47)68(60(52)61(53)70)44-22-8-3-9-23-44/h1-39,57H/t57-/m0/s1. The molecule has 0 saturated heterocycles. The Balaban J connectivity index is 1.08. The Morgan fingerprint density at radius 1 is 0.300 bits per heavy atom. The highest BCUT2D eigenvalue weighted by atomic mass is 15.3. The Labute approximate surface area is 402 Å². The van der Waals surface area contributed by atoms with Crippen molar-refractivity contribution < 1.29 is 0 Å². The third-order valence-electron chi connectivity index (χ3n) is 14.6. The van der Waals surface area contributed by atoms with E-state index in [4.69, 9.17) is 15.0 Å². The summed E-state index contributed by atoms with van der Waals surface area (Å²) in [4.78, 5) is 16.9. The largest absolute Gasteiger partial charge is 0.307 e. The molecule has 10 aromatic carbocycles. The van der Waals surface area contributed by atoms with Crippen molar-refractivity contribution in [3.63, 3.8) is 0 Å². The van der Waals surface area contributed by atoms with Crippen LogP contribution in [0.5, 0.6) is 0 Å². The van der Waals surface area contributed by atoms with Crippen LogP contribution in [0.1, 0.15) is 22.6 Å². The van der Waals surface area contributed by atoms with E-state index in [1.165, 1.54) is 33.2 Å². The molecule has 1 aliphatic carbocycles. The van der Waals surface area contributed by atoms with Crippen molar-refractivity contribution in [2.45, 2.75) is 5.92 Å². The van der Waals surface area contributed by atoms with Gasteiger partial charge in [0.15, 0.2) is 5.82 Å². The fourth-order valence-electron chi connectivity index (χ4n) is 11.6. The molecule has 6 heteroatoms. The molecule has 0 N–H and O–H groups in total. The summed E-state index contributed by atoms with van der Waals surface area (Å²) < 4.78 is 7.02. The molecule has 0 bridgehead atoms. The summed E-state index contributed by atoms with van der Waals surface area (Å²) in [5.41, 5.74) is 16.9. The zero-order chi connectivity index (χ0) is 45.9. The zero-order valence-corrected chi connectivity index (χ0v) is 37.8. The third-order valence-corrected chi connectivity index (χ3v) is 14.6. The van der Waals surface area contributed by atoms with Crippen molar-refractivity contribution >= 4 is 65.4 Å². The first-order chi connectivity index (χ1) is 34.8. The average molecular weight is 893 g/mol. The Morgan fingerprint density at radius 3 is 1.40 bits per heavy atom. The van der Waals surface area contributed by atoms with Crippen LogP contribution >= 0.6 is 0 Å². The van der Waals surface area contributed by atoms with Gasteiger partial charge in [0.2, 0.25) is 11.9 Å². The summed E-state index contributed by atoms with van der Waals surface area (Å²) in [6.45, 7) is 0. The lowest BCUT2D eigenvalue weighted by Crippen LogP contribution is -2.11. The maximum absolute atomic E-state index is 5.74. The van der Waals surface area contributed by atoms with Crippen LogP contribution in [0.2, 0.25) is 0 Å². The first kappa shape index (κ1) is 38.7. The van der Waals surface area contributed by atoms with Crippen LogP contribution in [0.4, 0.5) is 0 Å². The van der Waals surface area contributed by atoms with Crippen LogP contribution < -0.4 is 0 Å². The van der Waals surface area contributed by atoms with Crippen molar-refractivity contribution in [2.75, 3.05) is 0 Å². The van der Waals surface area contributed by atoms with E-state index < -0.39 is 0 Å². The molecule has 6 nitrogen and oxygen atoms in total. The van der Waals surface area contributed by atoms with Gasteiger partial charge in [-0.05, 0) is 69.3 Å². The van der Waals surface area contributed by atoms with E-state index in [1.54, 1.807) is 0 Å². The molecule has 0 fully saturated rings. The van der Waals surface area contributed by atoms with E-state index in [-0.39, 0.29) is 5.92 Å². The number of hydrogen-bond donors (Lipinski definition) is 0. The van der Waals surface area contributed by atoms with Crippen molar-refractivity contribution in [3.05, 3.63) is 253 Å². The van der Waals surface area contributed by atoms with Gasteiger partial charge in [-0.25, -0.2) is 0 Å². The molecule has 0 amide bonds. The Bertz CT molecular complexity index is 4390. The molecule has 0 radical (unpaired) electrons. The second kappa shape index (κ2) is 15.1. The Morgan fingerprint density at radius 2 is 0.757 bits per heavy atom. The van der Waals surface area contributed by atoms with Gasteiger partial charge >= 0.3 is 0 Å². The lowest BCUT2D eigenvalue weighted by Gasteiger charge is -2.18. The highest BCUT2D eigenvalue weighted by molar-refractivity contribution is 6.23. The SMILES string of the molecule is c1ccc(-c2ccc(-c3nc(-n4c5ccccc5c5ccc6c(c54)[C@@H](c4ccccc4)c4ccccc4-6)nc(-n4c5ccccc5c5ccc6c7ccccc7n(-c7ccccc7)c6c54)n3)cc2)cc1. The van der Waals surface area contributed by atoms with E-state index in [9.17, 15) is 0 Å². The van der Waals surface area contributed by atoms with Crippen LogP contribution in [0.25, 0.3) is 117 Å². The van der Waals surface area contributed by atoms with Gasteiger partial charge in [0, 0.05) is 49.5 Å². The predicted molar refractivity (Wildman–Crippen MR) is 287 cm³/mol. The zero-order valence-electron chi connectivity index (χ0n) is 37.8. The minimum atomic E-state index is -0.00371. The lowest BCUT2D eigenvalue weighted by atomic mass is 9.88. The van der Waals surface area contributed by atoms with Crippen LogP contribution in [0, 0.1) is 0 Å². The summed E-state index contributed by atoms with van der Waals surface area (Å²) in [5, 5.41) is 6.89. The fraction of sp³-hybridized carbons (Fsp3) is 0.0156. The normalized spacial score (nSPS) is 13.3. The molecule has 1 atom stereocenters. The van der Waals surface area contributed by atoms with E-state index in [0.717, 1.165) is 82.4 Å². The number of nitrogens with zero attached hydrogens (tertiary/aromatic N) is 6. The van der Waals surface area contributed by atoms with Gasteiger partial charge in [0.1, 0.15) is 0 Å². The minimum absolute atomic E-state index is 0.00371. The first-order valence-electron chi connectivity index (χ1n) is 23.9. The van der Waals surface area contributed by atoms with Gasteiger partial charge < -0.3 is 4.57 Å². The van der Waals surface area contributed by atoms with Crippen molar-refractivity contribution in [3.8, 4) is 51.2 Å². The van der Waals surface area contributed by atoms with E-state index in [1.807, 2.05) is 0 Å². The van der Waals surface area contributed by atoms with Gasteiger partial charge in [-0.1, -0.05) is 206 Å². The highest BCUT2D eigenvalue weighted by Gasteiger charge is 2.34. The molecule has 0 spiro atoms. The second-order valence-corrected chi connectivity index (χ2v) is 18.3. The maximum Gasteiger partial charge on any atom is 0.240 e. The number of para-hydroxylation sites is 4. The lowest BCUT2D eigenvalue weighted by molar-refractivity contribution is 0.889. The summed E-state index contributed by atoms with van der Waals surface area (Å²) in [6.07, 6.45) is 0. The quantitative estimate of drug-likeness (QED) is 0.167. The molecule has 0 saturated carbocycles. The number of hydrogen-bond acceptors (Lipinski definition) is 3. The number of fused-ring (bicyclic) bond motifs is 14. The summed E-state index contributed by atoms with van der Waals surface area (Å²) >= 11 is 0. The van der Waals surface area contributed by atoms with Crippen LogP contribution in [-0.2, 0) is 0 Å². The molecule has 326 valence electrons. The first-order valence-corrected chi connectivity index (χ1v) is 23.9. The van der Waals surface area contributed by atoms with Crippen LogP contribution in [-0.4, -0.2) is 28.7 Å². The third kappa shape index (κ3) is 5.59. The fourth-order valence-corrected chi connectivity index (χ4v) is 11.6.